The number of piperidine rings is 1. The summed E-state index contributed by atoms with van der Waals surface area (Å²) in [5.41, 5.74) is 5.38. The number of ether oxygens (including phenoxy) is 1. The van der Waals surface area contributed by atoms with Crippen LogP contribution in [0.3, 0.4) is 0 Å². The third kappa shape index (κ3) is 6.05. The van der Waals surface area contributed by atoms with Gasteiger partial charge in [-0.15, -0.1) is 0 Å². The van der Waals surface area contributed by atoms with E-state index in [4.69, 9.17) is 9.84 Å². The van der Waals surface area contributed by atoms with Gasteiger partial charge in [-0.3, -0.25) is 4.79 Å². The first kappa shape index (κ1) is 27.2. The molecule has 0 aromatic heterocycles. The number of aryl methyl sites for hydroxylation is 1. The van der Waals surface area contributed by atoms with Crippen molar-refractivity contribution in [1.82, 2.24) is 15.6 Å². The molecule has 8 nitrogen and oxygen atoms in total. The van der Waals surface area contributed by atoms with Gasteiger partial charge in [0.1, 0.15) is 5.75 Å². The lowest BCUT2D eigenvalue weighted by Gasteiger charge is -2.22. The molecule has 3 N–H and O–H groups in total. The van der Waals surface area contributed by atoms with Gasteiger partial charge < -0.3 is 20.7 Å². The Morgan fingerprint density at radius 1 is 1.11 bits per heavy atom. The second-order valence-electron chi connectivity index (χ2n) is 8.97. The number of urea groups is 1. The largest absolute Gasteiger partial charge is 0.496 e. The second-order valence-corrected chi connectivity index (χ2v) is 8.97. The minimum Gasteiger partial charge on any atom is -0.496 e. The van der Waals surface area contributed by atoms with Crippen LogP contribution in [0.15, 0.2) is 41.5 Å². The van der Waals surface area contributed by atoms with Gasteiger partial charge in [-0.05, 0) is 81.6 Å². The van der Waals surface area contributed by atoms with Crippen LogP contribution in [-0.2, 0) is 11.2 Å². The number of rotatable bonds is 4. The number of amides is 3. The predicted molar refractivity (Wildman–Crippen MR) is 145 cm³/mol. The van der Waals surface area contributed by atoms with E-state index in [9.17, 15) is 9.59 Å². The number of anilines is 1. The molecular weight excluding hydrogens is 454 g/mol. The Hall–Kier alpha value is -3.39. The molecule has 2 heterocycles. The smallest absolute Gasteiger partial charge is 0.337 e. The number of nitrogens with zero attached hydrogens (tertiary/aromatic N) is 2. The minimum atomic E-state index is -0.257. The predicted octanol–water partition coefficient (Wildman–Crippen LogP) is 4.31. The van der Waals surface area contributed by atoms with Gasteiger partial charge in [0.05, 0.1) is 18.9 Å². The maximum Gasteiger partial charge on any atom is 0.337 e. The van der Waals surface area contributed by atoms with E-state index in [1.54, 1.807) is 14.2 Å². The van der Waals surface area contributed by atoms with E-state index >= 15 is 0 Å². The lowest BCUT2D eigenvalue weighted by molar-refractivity contribution is -0.120. The van der Waals surface area contributed by atoms with E-state index < -0.39 is 0 Å². The average Bonchev–Trinajstić information content (AvgIpc) is 3.05. The van der Waals surface area contributed by atoms with Crippen LogP contribution < -0.4 is 20.7 Å². The molecule has 0 aliphatic carbocycles. The molecule has 1 atom stereocenters. The zero-order valence-corrected chi connectivity index (χ0v) is 22.3. The second kappa shape index (κ2) is 12.5. The molecule has 3 amide bonds. The normalized spacial score (nSPS) is 17.6. The highest BCUT2D eigenvalue weighted by Gasteiger charge is 2.28. The fourth-order valence-corrected chi connectivity index (χ4v) is 4.62. The molecule has 0 saturated carbocycles. The zero-order valence-electron chi connectivity index (χ0n) is 22.3. The summed E-state index contributed by atoms with van der Waals surface area (Å²) < 4.78 is 5.55. The molecule has 1 unspecified atom stereocenters. The summed E-state index contributed by atoms with van der Waals surface area (Å²) in [6.45, 7) is 9.74. The number of hydrogen-bond acceptors (Lipinski definition) is 5. The third-order valence-corrected chi connectivity index (χ3v) is 6.57. The number of methoxy groups -OCH3 is 1. The molecule has 0 radical (unpaired) electrons. The van der Waals surface area contributed by atoms with Gasteiger partial charge in [-0.2, -0.15) is 5.10 Å². The van der Waals surface area contributed by atoms with Crippen molar-refractivity contribution in [2.75, 3.05) is 32.6 Å². The highest BCUT2D eigenvalue weighted by atomic mass is 16.5. The molecule has 1 saturated heterocycles. The van der Waals surface area contributed by atoms with Gasteiger partial charge >= 0.3 is 6.03 Å². The number of nitrogens with one attached hydrogen (secondary N) is 3. The Morgan fingerprint density at radius 3 is 2.39 bits per heavy atom. The number of fused-ring (bicyclic) bond motifs is 1. The molecular formula is C28H39N5O3. The zero-order chi connectivity index (χ0) is 26.2. The van der Waals surface area contributed by atoms with Crippen LogP contribution in [0, 0.1) is 12.8 Å². The molecule has 2 aromatic rings. The molecule has 1 fully saturated rings. The molecule has 2 aliphatic heterocycles. The summed E-state index contributed by atoms with van der Waals surface area (Å²) in [6.07, 6.45) is 2.36. The number of hydrogen-bond donors (Lipinski definition) is 3. The van der Waals surface area contributed by atoms with Crippen molar-refractivity contribution in [2.45, 2.75) is 53.0 Å². The lowest BCUT2D eigenvalue weighted by Crippen LogP contribution is -2.41. The van der Waals surface area contributed by atoms with Crippen LogP contribution in [0.2, 0.25) is 0 Å². The highest BCUT2D eigenvalue weighted by molar-refractivity contribution is 6.14. The Kier molecular flexibility index (Phi) is 9.47. The van der Waals surface area contributed by atoms with E-state index in [2.05, 4.69) is 22.0 Å². The monoisotopic (exact) mass is 493 g/mol. The highest BCUT2D eigenvalue weighted by Crippen LogP contribution is 2.30. The van der Waals surface area contributed by atoms with Crippen molar-refractivity contribution in [3.63, 3.8) is 0 Å². The first-order valence-corrected chi connectivity index (χ1v) is 12.8. The van der Waals surface area contributed by atoms with Crippen molar-refractivity contribution in [3.8, 4) is 5.75 Å². The Morgan fingerprint density at radius 2 is 1.78 bits per heavy atom. The third-order valence-electron chi connectivity index (χ3n) is 6.57. The van der Waals surface area contributed by atoms with Crippen molar-refractivity contribution >= 4 is 23.3 Å². The molecule has 8 heteroatoms. The summed E-state index contributed by atoms with van der Waals surface area (Å²) >= 11 is 0. The standard InChI is InChI=1S/C26H33N5O3.C2H6/c1-16-13-22-20(15-23(16)34-4)14-17(2)31(26(33)27-3)30-24(22)18-5-7-21(8-6-18)29-25(32)19-9-11-28-12-10-19;1-2/h5-8,13,15,17,19,28H,9-12,14H2,1-4H3,(H,27,33)(H,29,32);1-2H3. The summed E-state index contributed by atoms with van der Waals surface area (Å²) in [7, 11) is 3.27. The number of benzene rings is 2. The summed E-state index contributed by atoms with van der Waals surface area (Å²) in [5, 5.41) is 15.3. The van der Waals surface area contributed by atoms with Crippen molar-refractivity contribution in [1.29, 1.82) is 0 Å². The molecule has 2 aromatic carbocycles. The maximum absolute atomic E-state index is 12.6. The first-order valence-electron chi connectivity index (χ1n) is 12.8. The number of carbonyl (C=O) groups is 2. The van der Waals surface area contributed by atoms with E-state index in [1.165, 1.54) is 5.01 Å². The quantitative estimate of drug-likeness (QED) is 0.592. The van der Waals surface area contributed by atoms with Crippen LogP contribution in [0.1, 0.15) is 55.9 Å². The van der Waals surface area contributed by atoms with Gasteiger partial charge in [-0.1, -0.05) is 26.0 Å². The topological polar surface area (TPSA) is 95.1 Å². The van der Waals surface area contributed by atoms with Crippen LogP contribution in [0.25, 0.3) is 0 Å². The molecule has 194 valence electrons. The van der Waals surface area contributed by atoms with Crippen molar-refractivity contribution in [3.05, 3.63) is 58.7 Å². The lowest BCUT2D eigenvalue weighted by atomic mass is 9.92. The van der Waals surface area contributed by atoms with Crippen LogP contribution in [0.5, 0.6) is 5.75 Å². The Balaban J connectivity index is 0.00000176. The Bertz CT molecular complexity index is 1090. The molecule has 36 heavy (non-hydrogen) atoms. The summed E-state index contributed by atoms with van der Waals surface area (Å²) in [4.78, 5) is 25.2. The summed E-state index contributed by atoms with van der Waals surface area (Å²) in [6, 6.07) is 11.4. The van der Waals surface area contributed by atoms with E-state index in [0.717, 1.165) is 59.6 Å². The van der Waals surface area contributed by atoms with Crippen molar-refractivity contribution in [2.24, 2.45) is 11.0 Å². The van der Waals surface area contributed by atoms with Crippen LogP contribution in [0.4, 0.5) is 10.5 Å². The fraction of sp³-hybridized carbons (Fsp3) is 0.464. The van der Waals surface area contributed by atoms with Gasteiger partial charge in [-0.25, -0.2) is 9.80 Å². The Labute approximate surface area is 214 Å². The molecule has 2 aliphatic rings. The average molecular weight is 494 g/mol. The van der Waals surface area contributed by atoms with Crippen LogP contribution >= 0.6 is 0 Å². The number of carbonyl (C=O) groups excluding carboxylic acids is 2. The van der Waals surface area contributed by atoms with Gasteiger partial charge in [0.2, 0.25) is 5.91 Å². The first-order chi connectivity index (χ1) is 17.4. The van der Waals surface area contributed by atoms with E-state index in [-0.39, 0.29) is 23.9 Å². The fourth-order valence-electron chi connectivity index (χ4n) is 4.62. The van der Waals surface area contributed by atoms with Crippen molar-refractivity contribution < 1.29 is 14.3 Å². The summed E-state index contributed by atoms with van der Waals surface area (Å²) in [5.74, 6) is 0.919. The number of hydrazone groups is 1. The SMILES string of the molecule is CC.CNC(=O)N1N=C(c2ccc(NC(=O)C3CCNCC3)cc2)c2cc(C)c(OC)cc2CC1C. The van der Waals surface area contributed by atoms with E-state index in [1.807, 2.05) is 58.0 Å². The van der Waals surface area contributed by atoms with Gasteiger partial charge in [0.25, 0.3) is 0 Å². The van der Waals surface area contributed by atoms with Gasteiger partial charge in [0, 0.05) is 29.8 Å². The molecule has 0 bridgehead atoms. The van der Waals surface area contributed by atoms with Crippen LogP contribution in [-0.4, -0.2) is 55.9 Å². The van der Waals surface area contributed by atoms with Gasteiger partial charge in [0.15, 0.2) is 0 Å². The maximum atomic E-state index is 12.6. The minimum absolute atomic E-state index is 0.0413. The molecule has 4 rings (SSSR count). The van der Waals surface area contributed by atoms with E-state index in [0.29, 0.717) is 12.1 Å². The molecule has 0 spiro atoms.